The van der Waals surface area contributed by atoms with Crippen LogP contribution < -0.4 is 9.64 Å². The second-order valence-corrected chi connectivity index (χ2v) is 9.10. The summed E-state index contributed by atoms with van der Waals surface area (Å²) in [4.78, 5) is 31.8. The number of amides is 1. The smallest absolute Gasteiger partial charge is 0.410 e. The molecule has 0 bridgehead atoms. The number of hydrogen-bond acceptors (Lipinski definition) is 7. The van der Waals surface area contributed by atoms with E-state index in [1.807, 2.05) is 0 Å². The number of ether oxygens (including phenoxy) is 2. The van der Waals surface area contributed by atoms with Gasteiger partial charge in [0.15, 0.2) is 6.29 Å². The first kappa shape index (κ1) is 24.7. The zero-order chi connectivity index (χ0) is 24.2. The highest BCUT2D eigenvalue weighted by Gasteiger charge is 2.33. The summed E-state index contributed by atoms with van der Waals surface area (Å²) >= 11 is 5.78. The second-order valence-electron chi connectivity index (χ2n) is 8.66. The highest BCUT2D eigenvalue weighted by atomic mass is 35.5. The molecule has 33 heavy (non-hydrogen) atoms. The van der Waals surface area contributed by atoms with Crippen molar-refractivity contribution in [3.05, 3.63) is 52.3 Å². The Hall–Kier alpha value is -2.91. The van der Waals surface area contributed by atoms with Crippen LogP contribution >= 0.6 is 11.6 Å². The van der Waals surface area contributed by atoms with Crippen LogP contribution in [0.2, 0.25) is 5.02 Å². The highest BCUT2D eigenvalue weighted by Crippen LogP contribution is 2.26. The number of hydrogen-bond donors (Lipinski definition) is 1. The molecular weight excluding hydrogens is 453 g/mol. The minimum Gasteiger partial charge on any atom is -0.473 e. The number of pyridine rings is 1. The molecule has 1 aromatic carbocycles. The van der Waals surface area contributed by atoms with E-state index >= 15 is 0 Å². The Morgan fingerprint density at radius 2 is 2.06 bits per heavy atom. The Labute approximate surface area is 196 Å². The fourth-order valence-corrected chi connectivity index (χ4v) is 3.58. The molecular formula is C23H27ClFN3O5. The van der Waals surface area contributed by atoms with Gasteiger partial charge in [-0.15, -0.1) is 0 Å². The molecule has 3 rings (SSSR count). The fourth-order valence-electron chi connectivity index (χ4n) is 3.42. The number of nitrogens with zero attached hydrogens (tertiary/aromatic N) is 3. The van der Waals surface area contributed by atoms with E-state index in [0.29, 0.717) is 36.3 Å². The van der Waals surface area contributed by atoms with Gasteiger partial charge in [-0.1, -0.05) is 17.7 Å². The molecule has 2 aromatic rings. The van der Waals surface area contributed by atoms with Gasteiger partial charge in [-0.2, -0.15) is 4.98 Å². The van der Waals surface area contributed by atoms with Crippen molar-refractivity contribution in [1.82, 2.24) is 9.88 Å². The number of anilines is 1. The van der Waals surface area contributed by atoms with Crippen LogP contribution in [-0.2, 0) is 11.3 Å². The third-order valence-corrected chi connectivity index (χ3v) is 5.25. The number of aliphatic hydroxyl groups is 1. The van der Waals surface area contributed by atoms with E-state index in [1.165, 1.54) is 23.1 Å². The third kappa shape index (κ3) is 6.33. The molecule has 1 aromatic heterocycles. The maximum atomic E-state index is 14.0. The van der Waals surface area contributed by atoms with E-state index < -0.39 is 23.6 Å². The molecule has 0 unspecified atom stereocenters. The lowest BCUT2D eigenvalue weighted by atomic mass is 10.1. The number of aromatic nitrogens is 1. The summed E-state index contributed by atoms with van der Waals surface area (Å²) in [6.45, 7) is 5.86. The summed E-state index contributed by atoms with van der Waals surface area (Å²) in [6, 6.07) is 6.86. The van der Waals surface area contributed by atoms with Crippen LogP contribution in [0.1, 0.15) is 36.7 Å². The van der Waals surface area contributed by atoms with Gasteiger partial charge in [0.05, 0.1) is 18.2 Å². The number of rotatable bonds is 6. The van der Waals surface area contributed by atoms with Crippen LogP contribution in [0.5, 0.6) is 5.88 Å². The molecule has 2 heterocycles. The minimum absolute atomic E-state index is 0.0777. The highest BCUT2D eigenvalue weighted by molar-refractivity contribution is 6.30. The molecule has 1 aliphatic rings. The molecule has 1 N–H and O–H groups in total. The molecule has 0 saturated carbocycles. The lowest BCUT2D eigenvalue weighted by Crippen LogP contribution is -2.57. The van der Waals surface area contributed by atoms with Gasteiger partial charge in [-0.3, -0.25) is 4.79 Å². The molecule has 10 heteroatoms. The predicted octanol–water partition coefficient (Wildman–Crippen LogP) is 3.68. The van der Waals surface area contributed by atoms with Gasteiger partial charge in [0.2, 0.25) is 5.88 Å². The number of aldehydes is 1. The van der Waals surface area contributed by atoms with Gasteiger partial charge in [-0.25, -0.2) is 9.18 Å². The molecule has 1 fully saturated rings. The average Bonchev–Trinajstić information content (AvgIpc) is 2.76. The summed E-state index contributed by atoms with van der Waals surface area (Å²) in [5.41, 5.74) is -0.0182. The van der Waals surface area contributed by atoms with Gasteiger partial charge < -0.3 is 24.4 Å². The minimum atomic E-state index is -0.635. The van der Waals surface area contributed by atoms with Gasteiger partial charge in [0, 0.05) is 36.3 Å². The summed E-state index contributed by atoms with van der Waals surface area (Å²) in [6.07, 6.45) is 0.200. The maximum Gasteiger partial charge on any atom is 0.410 e. The molecule has 1 atom stereocenters. The van der Waals surface area contributed by atoms with E-state index in [0.717, 1.165) is 0 Å². The van der Waals surface area contributed by atoms with Crippen LogP contribution in [0.4, 0.5) is 15.0 Å². The summed E-state index contributed by atoms with van der Waals surface area (Å²) in [5.74, 6) is 0.0176. The molecule has 0 spiro atoms. The van der Waals surface area contributed by atoms with Crippen molar-refractivity contribution in [1.29, 1.82) is 0 Å². The number of carbonyl (C=O) groups is 2. The Bertz CT molecular complexity index is 1010. The molecule has 0 radical (unpaired) electrons. The molecule has 8 nitrogen and oxygen atoms in total. The van der Waals surface area contributed by atoms with E-state index in [4.69, 9.17) is 21.1 Å². The van der Waals surface area contributed by atoms with Gasteiger partial charge in [0.25, 0.3) is 0 Å². The molecule has 1 saturated heterocycles. The molecule has 0 aliphatic carbocycles. The number of halogens is 2. The van der Waals surface area contributed by atoms with Crippen molar-refractivity contribution >= 4 is 29.8 Å². The monoisotopic (exact) mass is 479 g/mol. The summed E-state index contributed by atoms with van der Waals surface area (Å²) in [5, 5.41) is 10.3. The SMILES string of the molecule is CC(C)(C)OC(=O)N1CCN(c2nc(OCc3ccc(Cl)cc3F)ccc2C=O)[C@@H](CO)C1. The second kappa shape index (κ2) is 10.4. The summed E-state index contributed by atoms with van der Waals surface area (Å²) in [7, 11) is 0. The Kier molecular flexibility index (Phi) is 7.76. The van der Waals surface area contributed by atoms with Gasteiger partial charge in [0.1, 0.15) is 23.8 Å². The Morgan fingerprint density at radius 3 is 2.70 bits per heavy atom. The lowest BCUT2D eigenvalue weighted by Gasteiger charge is -2.41. The van der Waals surface area contributed by atoms with Gasteiger partial charge >= 0.3 is 6.09 Å². The van der Waals surface area contributed by atoms with Crippen molar-refractivity contribution in [2.75, 3.05) is 31.1 Å². The molecule has 178 valence electrons. The first-order valence-corrected chi connectivity index (χ1v) is 10.9. The maximum absolute atomic E-state index is 14.0. The van der Waals surface area contributed by atoms with Crippen molar-refractivity contribution < 1.29 is 28.6 Å². The van der Waals surface area contributed by atoms with Crippen LogP contribution in [0.25, 0.3) is 0 Å². The Morgan fingerprint density at radius 1 is 1.30 bits per heavy atom. The van der Waals surface area contributed by atoms with Crippen molar-refractivity contribution in [2.24, 2.45) is 0 Å². The zero-order valence-corrected chi connectivity index (χ0v) is 19.5. The third-order valence-electron chi connectivity index (χ3n) is 5.01. The first-order valence-electron chi connectivity index (χ1n) is 10.5. The standard InChI is InChI=1S/C23H27ClFN3O5/c1-23(2,3)33-22(31)27-8-9-28(18(11-27)13-30)21-15(12-29)5-7-20(26-21)32-14-16-4-6-17(24)10-19(16)25/h4-7,10,12,18,30H,8-9,11,13-14H2,1-3H3/t18-/m1/s1. The van der Waals surface area contributed by atoms with Crippen LogP contribution in [-0.4, -0.2) is 65.3 Å². The Balaban J connectivity index is 1.77. The zero-order valence-electron chi connectivity index (χ0n) is 18.8. The van der Waals surface area contributed by atoms with E-state index in [9.17, 15) is 19.1 Å². The van der Waals surface area contributed by atoms with Crippen LogP contribution in [0.15, 0.2) is 30.3 Å². The van der Waals surface area contributed by atoms with Crippen molar-refractivity contribution in [2.45, 2.75) is 39.0 Å². The predicted molar refractivity (Wildman–Crippen MR) is 121 cm³/mol. The number of benzene rings is 1. The first-order chi connectivity index (χ1) is 15.6. The number of carbonyl (C=O) groups excluding carboxylic acids is 2. The molecule has 1 amide bonds. The quantitative estimate of drug-likeness (QED) is 0.632. The van der Waals surface area contributed by atoms with Gasteiger partial charge in [-0.05, 0) is 39.0 Å². The number of aliphatic hydroxyl groups excluding tert-OH is 1. The number of piperazine rings is 1. The topological polar surface area (TPSA) is 92.2 Å². The average molecular weight is 480 g/mol. The van der Waals surface area contributed by atoms with E-state index in [2.05, 4.69) is 4.98 Å². The van der Waals surface area contributed by atoms with E-state index in [-0.39, 0.29) is 30.7 Å². The normalized spacial score (nSPS) is 16.5. The van der Waals surface area contributed by atoms with E-state index in [1.54, 1.807) is 37.8 Å². The van der Waals surface area contributed by atoms with Crippen LogP contribution in [0.3, 0.4) is 0 Å². The van der Waals surface area contributed by atoms with Crippen molar-refractivity contribution in [3.8, 4) is 5.88 Å². The van der Waals surface area contributed by atoms with Crippen LogP contribution in [0, 0.1) is 5.82 Å². The lowest BCUT2D eigenvalue weighted by molar-refractivity contribution is 0.0196. The van der Waals surface area contributed by atoms with Crippen molar-refractivity contribution in [3.63, 3.8) is 0 Å². The molecule has 1 aliphatic heterocycles. The largest absolute Gasteiger partial charge is 0.473 e. The summed E-state index contributed by atoms with van der Waals surface area (Å²) < 4.78 is 25.1. The fraction of sp³-hybridized carbons (Fsp3) is 0.435.